The fourth-order valence-electron chi connectivity index (χ4n) is 2.29. The molecule has 156 valence electrons. The van der Waals surface area contributed by atoms with Crippen molar-refractivity contribution in [1.29, 1.82) is 0 Å². The number of alkyl halides is 3. The smallest absolute Gasteiger partial charge is 0.422 e. The molecule has 10 heteroatoms. The van der Waals surface area contributed by atoms with Crippen LogP contribution in [0.3, 0.4) is 0 Å². The average Bonchev–Trinajstić information content (AvgIpc) is 3.15. The second-order valence-corrected chi connectivity index (χ2v) is 5.80. The normalized spacial score (nSPS) is 11.6. The Labute approximate surface area is 179 Å². The number of aromatic nitrogens is 2. The second-order valence-electron chi connectivity index (χ2n) is 5.80. The van der Waals surface area contributed by atoms with Crippen LogP contribution in [0.4, 0.5) is 13.2 Å². The van der Waals surface area contributed by atoms with Crippen molar-refractivity contribution in [1.82, 2.24) is 20.4 Å². The summed E-state index contributed by atoms with van der Waals surface area (Å²) in [6.07, 6.45) is 0.179. The predicted molar refractivity (Wildman–Crippen MR) is 113 cm³/mol. The van der Waals surface area contributed by atoms with Crippen molar-refractivity contribution in [2.75, 3.05) is 19.7 Å². The molecule has 0 saturated heterocycles. The first kappa shape index (κ1) is 24.1. The van der Waals surface area contributed by atoms with Crippen LogP contribution in [0, 0.1) is 0 Å². The Morgan fingerprint density at radius 2 is 2.07 bits per heavy atom. The number of aliphatic imine (C=N–C) groups is 1. The lowest BCUT2D eigenvalue weighted by Gasteiger charge is -2.12. The zero-order chi connectivity index (χ0) is 19.5. The van der Waals surface area contributed by atoms with E-state index in [4.69, 9.17) is 4.74 Å². The molecule has 0 unspecified atom stereocenters. The second kappa shape index (κ2) is 12.5. The van der Waals surface area contributed by atoms with Crippen molar-refractivity contribution in [3.63, 3.8) is 0 Å². The summed E-state index contributed by atoms with van der Waals surface area (Å²) in [6, 6.07) is 8.39. The Kier molecular flexibility index (Phi) is 10.7. The molecule has 0 bridgehead atoms. The number of aryl methyl sites for hydroxylation is 1. The van der Waals surface area contributed by atoms with Gasteiger partial charge in [0, 0.05) is 32.0 Å². The van der Waals surface area contributed by atoms with Crippen LogP contribution in [0.2, 0.25) is 0 Å². The highest BCUT2D eigenvalue weighted by atomic mass is 127. The minimum atomic E-state index is -4.35. The Bertz CT molecular complexity index is 707. The van der Waals surface area contributed by atoms with E-state index in [1.54, 1.807) is 24.4 Å². The van der Waals surface area contributed by atoms with E-state index in [0.717, 1.165) is 25.1 Å². The van der Waals surface area contributed by atoms with Gasteiger partial charge in [-0.15, -0.1) is 24.0 Å². The van der Waals surface area contributed by atoms with Crippen LogP contribution in [0.15, 0.2) is 47.7 Å². The van der Waals surface area contributed by atoms with Crippen molar-refractivity contribution in [2.45, 2.75) is 32.6 Å². The number of hydrogen-bond donors (Lipinski definition) is 2. The van der Waals surface area contributed by atoms with Crippen molar-refractivity contribution < 1.29 is 17.9 Å². The van der Waals surface area contributed by atoms with Gasteiger partial charge < -0.3 is 15.4 Å². The molecule has 0 saturated carbocycles. The number of hydrogen-bond acceptors (Lipinski definition) is 3. The largest absolute Gasteiger partial charge is 0.484 e. The third-order valence-corrected chi connectivity index (χ3v) is 3.48. The van der Waals surface area contributed by atoms with Crippen molar-refractivity contribution in [2.24, 2.45) is 4.99 Å². The Morgan fingerprint density at radius 1 is 1.25 bits per heavy atom. The summed E-state index contributed by atoms with van der Waals surface area (Å²) in [5, 5.41) is 10.5. The zero-order valence-electron chi connectivity index (χ0n) is 15.6. The van der Waals surface area contributed by atoms with Gasteiger partial charge in [0.25, 0.3) is 0 Å². The molecule has 0 radical (unpaired) electrons. The number of guanidine groups is 1. The third-order valence-electron chi connectivity index (χ3n) is 3.48. The van der Waals surface area contributed by atoms with Gasteiger partial charge in [0.2, 0.25) is 0 Å². The standard InChI is InChI=1S/C18H24F3N5O.HI/c1-2-22-17(23-8-4-10-26-11-5-9-25-26)24-13-15-6-3-7-16(12-15)27-14-18(19,20)21;/h3,5-7,9,11-12H,2,4,8,10,13-14H2,1H3,(H2,22,23,24);1H. The number of ether oxygens (including phenoxy) is 1. The molecule has 2 N–H and O–H groups in total. The van der Waals surface area contributed by atoms with E-state index in [-0.39, 0.29) is 29.7 Å². The van der Waals surface area contributed by atoms with Gasteiger partial charge in [-0.25, -0.2) is 4.99 Å². The first-order valence-corrected chi connectivity index (χ1v) is 8.74. The van der Waals surface area contributed by atoms with Crippen LogP contribution in [0.1, 0.15) is 18.9 Å². The highest BCUT2D eigenvalue weighted by molar-refractivity contribution is 14.0. The highest BCUT2D eigenvalue weighted by Crippen LogP contribution is 2.19. The van der Waals surface area contributed by atoms with Crippen molar-refractivity contribution in [3.05, 3.63) is 48.3 Å². The predicted octanol–water partition coefficient (Wildman–Crippen LogP) is 3.59. The van der Waals surface area contributed by atoms with E-state index in [1.165, 1.54) is 6.07 Å². The van der Waals surface area contributed by atoms with Crippen LogP contribution < -0.4 is 15.4 Å². The molecule has 0 aliphatic carbocycles. The lowest BCUT2D eigenvalue weighted by atomic mass is 10.2. The molecule has 0 fully saturated rings. The summed E-state index contributed by atoms with van der Waals surface area (Å²) in [5.41, 5.74) is 0.767. The van der Waals surface area contributed by atoms with E-state index in [1.807, 2.05) is 23.9 Å². The molecule has 0 aliphatic rings. The van der Waals surface area contributed by atoms with Gasteiger partial charge in [0.15, 0.2) is 12.6 Å². The average molecular weight is 511 g/mol. The maximum absolute atomic E-state index is 12.2. The zero-order valence-corrected chi connectivity index (χ0v) is 17.9. The topological polar surface area (TPSA) is 63.5 Å². The van der Waals surface area contributed by atoms with Crippen LogP contribution >= 0.6 is 24.0 Å². The molecule has 1 aromatic carbocycles. The highest BCUT2D eigenvalue weighted by Gasteiger charge is 2.28. The summed E-state index contributed by atoms with van der Waals surface area (Å²) in [7, 11) is 0. The molecular weight excluding hydrogens is 486 g/mol. The lowest BCUT2D eigenvalue weighted by molar-refractivity contribution is -0.153. The molecule has 6 nitrogen and oxygen atoms in total. The first-order valence-electron chi connectivity index (χ1n) is 8.74. The van der Waals surface area contributed by atoms with Gasteiger partial charge in [-0.1, -0.05) is 12.1 Å². The number of benzene rings is 1. The van der Waals surface area contributed by atoms with E-state index in [9.17, 15) is 13.2 Å². The van der Waals surface area contributed by atoms with Gasteiger partial charge in [0.1, 0.15) is 5.75 Å². The molecule has 0 atom stereocenters. The van der Waals surface area contributed by atoms with Crippen LogP contribution in [0.5, 0.6) is 5.75 Å². The molecule has 2 rings (SSSR count). The molecule has 2 aromatic rings. The van der Waals surface area contributed by atoms with Crippen molar-refractivity contribution >= 4 is 29.9 Å². The number of halogens is 4. The van der Waals surface area contributed by atoms with Crippen LogP contribution in [-0.2, 0) is 13.1 Å². The maximum Gasteiger partial charge on any atom is 0.422 e. The summed E-state index contributed by atoms with van der Waals surface area (Å²) in [5.74, 6) is 0.830. The SMILES string of the molecule is CCNC(=NCc1cccc(OCC(F)(F)F)c1)NCCCn1cccn1.I. The fraction of sp³-hybridized carbons (Fsp3) is 0.444. The van der Waals surface area contributed by atoms with Gasteiger partial charge >= 0.3 is 6.18 Å². The van der Waals surface area contributed by atoms with E-state index >= 15 is 0 Å². The molecule has 1 heterocycles. The molecule has 0 spiro atoms. The maximum atomic E-state index is 12.2. The summed E-state index contributed by atoms with van der Waals surface area (Å²) in [4.78, 5) is 4.46. The van der Waals surface area contributed by atoms with Gasteiger partial charge in [-0.3, -0.25) is 4.68 Å². The Morgan fingerprint density at radius 3 is 2.75 bits per heavy atom. The monoisotopic (exact) mass is 511 g/mol. The van der Waals surface area contributed by atoms with Crippen LogP contribution in [0.25, 0.3) is 0 Å². The summed E-state index contributed by atoms with van der Waals surface area (Å²) in [6.45, 7) is 3.22. The number of rotatable bonds is 9. The van der Waals surface area contributed by atoms with Gasteiger partial charge in [0.05, 0.1) is 6.54 Å². The Hall–Kier alpha value is -1.98. The van der Waals surface area contributed by atoms with Gasteiger partial charge in [-0.05, 0) is 37.1 Å². The quantitative estimate of drug-likeness (QED) is 0.234. The minimum Gasteiger partial charge on any atom is -0.484 e. The first-order chi connectivity index (χ1) is 13.0. The van der Waals surface area contributed by atoms with E-state index < -0.39 is 12.8 Å². The molecule has 1 aromatic heterocycles. The lowest BCUT2D eigenvalue weighted by Crippen LogP contribution is -2.38. The van der Waals surface area contributed by atoms with Crippen LogP contribution in [-0.4, -0.2) is 41.6 Å². The minimum absolute atomic E-state index is 0. The summed E-state index contributed by atoms with van der Waals surface area (Å²) >= 11 is 0. The molecular formula is C18H25F3IN5O. The third kappa shape index (κ3) is 9.81. The number of nitrogens with zero attached hydrogens (tertiary/aromatic N) is 3. The van der Waals surface area contributed by atoms with Gasteiger partial charge in [-0.2, -0.15) is 18.3 Å². The van der Waals surface area contributed by atoms with E-state index in [0.29, 0.717) is 19.0 Å². The molecule has 0 aliphatic heterocycles. The number of nitrogens with one attached hydrogen (secondary N) is 2. The van der Waals surface area contributed by atoms with E-state index in [2.05, 4.69) is 20.7 Å². The Balaban J connectivity index is 0.00000392. The van der Waals surface area contributed by atoms with Crippen molar-refractivity contribution in [3.8, 4) is 5.75 Å². The summed E-state index contributed by atoms with van der Waals surface area (Å²) < 4.78 is 43.4. The molecule has 28 heavy (non-hydrogen) atoms. The molecule has 0 amide bonds. The fourth-order valence-corrected chi connectivity index (χ4v) is 2.29.